The first-order valence-electron chi connectivity index (χ1n) is 6.69. The van der Waals surface area contributed by atoms with Crippen LogP contribution in [-0.2, 0) is 0 Å². The smallest absolute Gasteiger partial charge is 0.126 e. The first kappa shape index (κ1) is 14.4. The van der Waals surface area contributed by atoms with Gasteiger partial charge in [-0.25, -0.2) is 4.39 Å². The molecule has 2 aromatic rings. The minimum absolute atomic E-state index is 0.0988. The van der Waals surface area contributed by atoms with E-state index >= 15 is 0 Å². The summed E-state index contributed by atoms with van der Waals surface area (Å²) in [5.41, 5.74) is 4.28. The van der Waals surface area contributed by atoms with E-state index in [1.165, 1.54) is 12.1 Å². The SMILES string of the molecule is COc1c(C)ccc(NC(C)c2ccc(F)cc2)c1C. The van der Waals surface area contributed by atoms with Crippen molar-refractivity contribution >= 4 is 5.69 Å². The lowest BCUT2D eigenvalue weighted by molar-refractivity contribution is 0.409. The number of rotatable bonds is 4. The van der Waals surface area contributed by atoms with Gasteiger partial charge in [-0.05, 0) is 50.1 Å². The van der Waals surface area contributed by atoms with E-state index in [4.69, 9.17) is 4.74 Å². The van der Waals surface area contributed by atoms with Gasteiger partial charge in [0.2, 0.25) is 0 Å². The maximum atomic E-state index is 12.9. The first-order chi connectivity index (χ1) is 9.52. The molecule has 0 radical (unpaired) electrons. The Bertz CT molecular complexity index is 593. The fraction of sp³-hybridized carbons (Fsp3) is 0.294. The van der Waals surface area contributed by atoms with Crippen molar-refractivity contribution in [3.8, 4) is 5.75 Å². The molecule has 1 atom stereocenters. The number of hydrogen-bond donors (Lipinski definition) is 1. The molecule has 106 valence electrons. The average Bonchev–Trinajstić information content (AvgIpc) is 2.43. The van der Waals surface area contributed by atoms with E-state index in [1.807, 2.05) is 26.0 Å². The molecule has 1 N–H and O–H groups in total. The third-order valence-electron chi connectivity index (χ3n) is 3.55. The zero-order chi connectivity index (χ0) is 14.7. The van der Waals surface area contributed by atoms with Gasteiger partial charge in [-0.3, -0.25) is 0 Å². The summed E-state index contributed by atoms with van der Waals surface area (Å²) in [6, 6.07) is 10.7. The minimum Gasteiger partial charge on any atom is -0.496 e. The van der Waals surface area contributed by atoms with Crippen LogP contribution in [0.4, 0.5) is 10.1 Å². The summed E-state index contributed by atoms with van der Waals surface area (Å²) in [5.74, 6) is 0.690. The van der Waals surface area contributed by atoms with Crippen LogP contribution in [0.2, 0.25) is 0 Å². The highest BCUT2D eigenvalue weighted by Crippen LogP contribution is 2.31. The monoisotopic (exact) mass is 273 g/mol. The van der Waals surface area contributed by atoms with E-state index < -0.39 is 0 Å². The second-order valence-electron chi connectivity index (χ2n) is 5.01. The highest BCUT2D eigenvalue weighted by atomic mass is 19.1. The summed E-state index contributed by atoms with van der Waals surface area (Å²) in [6.45, 7) is 6.11. The van der Waals surface area contributed by atoms with Crippen molar-refractivity contribution in [2.75, 3.05) is 12.4 Å². The summed E-state index contributed by atoms with van der Waals surface area (Å²) in [7, 11) is 1.68. The fourth-order valence-corrected chi connectivity index (χ4v) is 2.37. The zero-order valence-electron chi connectivity index (χ0n) is 12.3. The Labute approximate surface area is 119 Å². The van der Waals surface area contributed by atoms with Gasteiger partial charge in [0.25, 0.3) is 0 Å². The van der Waals surface area contributed by atoms with Gasteiger partial charge in [-0.15, -0.1) is 0 Å². The predicted octanol–water partition coefficient (Wildman–Crippen LogP) is 4.62. The van der Waals surface area contributed by atoms with Crippen molar-refractivity contribution in [1.82, 2.24) is 0 Å². The van der Waals surface area contributed by atoms with Crippen LogP contribution in [0.15, 0.2) is 36.4 Å². The Morgan fingerprint density at radius 1 is 1.05 bits per heavy atom. The number of aryl methyl sites for hydroxylation is 1. The van der Waals surface area contributed by atoms with Gasteiger partial charge in [-0.2, -0.15) is 0 Å². The normalized spacial score (nSPS) is 12.1. The molecular weight excluding hydrogens is 253 g/mol. The van der Waals surface area contributed by atoms with Crippen molar-refractivity contribution in [3.05, 3.63) is 58.9 Å². The molecule has 1 unspecified atom stereocenters. The van der Waals surface area contributed by atoms with E-state index in [0.717, 1.165) is 28.1 Å². The molecule has 2 rings (SSSR count). The van der Waals surface area contributed by atoms with Gasteiger partial charge in [0.05, 0.1) is 7.11 Å². The topological polar surface area (TPSA) is 21.3 Å². The highest BCUT2D eigenvalue weighted by Gasteiger charge is 2.11. The molecular formula is C17H20FNO. The van der Waals surface area contributed by atoms with Crippen LogP contribution in [0.25, 0.3) is 0 Å². The summed E-state index contributed by atoms with van der Waals surface area (Å²) in [5, 5.41) is 3.45. The number of nitrogens with one attached hydrogen (secondary N) is 1. The molecule has 0 bridgehead atoms. The lowest BCUT2D eigenvalue weighted by Crippen LogP contribution is -2.08. The first-order valence-corrected chi connectivity index (χ1v) is 6.69. The highest BCUT2D eigenvalue weighted by molar-refractivity contribution is 5.60. The molecule has 0 aromatic heterocycles. The standard InChI is InChI=1S/C17H20FNO/c1-11-5-10-16(12(2)17(11)20-4)19-13(3)14-6-8-15(18)9-7-14/h5-10,13,19H,1-4H3. The molecule has 3 heteroatoms. The maximum absolute atomic E-state index is 12.9. The van der Waals surface area contributed by atoms with Crippen molar-refractivity contribution in [3.63, 3.8) is 0 Å². The molecule has 0 heterocycles. The van der Waals surface area contributed by atoms with Crippen LogP contribution in [0.1, 0.15) is 29.7 Å². The Hall–Kier alpha value is -2.03. The second kappa shape index (κ2) is 5.95. The molecule has 0 aliphatic rings. The Morgan fingerprint density at radius 2 is 1.70 bits per heavy atom. The third-order valence-corrected chi connectivity index (χ3v) is 3.55. The van der Waals surface area contributed by atoms with E-state index in [1.54, 1.807) is 19.2 Å². The van der Waals surface area contributed by atoms with Crippen LogP contribution in [0.5, 0.6) is 5.75 Å². The van der Waals surface area contributed by atoms with E-state index in [2.05, 4.69) is 12.2 Å². The van der Waals surface area contributed by atoms with Crippen molar-refractivity contribution < 1.29 is 9.13 Å². The number of halogens is 1. The van der Waals surface area contributed by atoms with E-state index in [-0.39, 0.29) is 11.9 Å². The summed E-state index contributed by atoms with van der Waals surface area (Å²) < 4.78 is 18.4. The largest absolute Gasteiger partial charge is 0.496 e. The van der Waals surface area contributed by atoms with Crippen molar-refractivity contribution in [1.29, 1.82) is 0 Å². The molecule has 0 saturated carbocycles. The number of ether oxygens (including phenoxy) is 1. The molecule has 0 amide bonds. The maximum Gasteiger partial charge on any atom is 0.126 e. The molecule has 0 aliphatic heterocycles. The predicted molar refractivity (Wildman–Crippen MR) is 80.9 cm³/mol. The Kier molecular flexibility index (Phi) is 4.28. The van der Waals surface area contributed by atoms with Crippen LogP contribution in [0, 0.1) is 19.7 Å². The van der Waals surface area contributed by atoms with Gasteiger partial charge >= 0.3 is 0 Å². The number of benzene rings is 2. The van der Waals surface area contributed by atoms with Gasteiger partial charge in [0.1, 0.15) is 11.6 Å². The quantitative estimate of drug-likeness (QED) is 0.877. The molecule has 0 fully saturated rings. The molecule has 2 aromatic carbocycles. The number of hydrogen-bond acceptors (Lipinski definition) is 2. The lowest BCUT2D eigenvalue weighted by Gasteiger charge is -2.19. The van der Waals surface area contributed by atoms with E-state index in [0.29, 0.717) is 0 Å². The van der Waals surface area contributed by atoms with Crippen LogP contribution in [-0.4, -0.2) is 7.11 Å². The Balaban J connectivity index is 2.23. The van der Waals surface area contributed by atoms with Gasteiger partial charge in [0.15, 0.2) is 0 Å². The fourth-order valence-electron chi connectivity index (χ4n) is 2.37. The minimum atomic E-state index is -0.214. The van der Waals surface area contributed by atoms with Gasteiger partial charge in [-0.1, -0.05) is 18.2 Å². The second-order valence-corrected chi connectivity index (χ2v) is 5.01. The van der Waals surface area contributed by atoms with Gasteiger partial charge in [0, 0.05) is 17.3 Å². The summed E-state index contributed by atoms with van der Waals surface area (Å²) >= 11 is 0. The van der Waals surface area contributed by atoms with Crippen LogP contribution >= 0.6 is 0 Å². The average molecular weight is 273 g/mol. The molecule has 0 saturated heterocycles. The molecule has 0 aliphatic carbocycles. The molecule has 20 heavy (non-hydrogen) atoms. The summed E-state index contributed by atoms with van der Waals surface area (Å²) in [4.78, 5) is 0. The molecule has 0 spiro atoms. The van der Waals surface area contributed by atoms with Crippen molar-refractivity contribution in [2.45, 2.75) is 26.8 Å². The number of anilines is 1. The number of methoxy groups -OCH3 is 1. The molecule has 2 nitrogen and oxygen atoms in total. The Morgan fingerprint density at radius 3 is 2.30 bits per heavy atom. The summed E-state index contributed by atoms with van der Waals surface area (Å²) in [6.07, 6.45) is 0. The third kappa shape index (κ3) is 2.93. The van der Waals surface area contributed by atoms with Crippen molar-refractivity contribution in [2.24, 2.45) is 0 Å². The van der Waals surface area contributed by atoms with E-state index in [9.17, 15) is 4.39 Å². The zero-order valence-corrected chi connectivity index (χ0v) is 12.3. The van der Waals surface area contributed by atoms with Gasteiger partial charge < -0.3 is 10.1 Å². The lowest BCUT2D eigenvalue weighted by atomic mass is 10.1. The van der Waals surface area contributed by atoms with Crippen LogP contribution < -0.4 is 10.1 Å². The van der Waals surface area contributed by atoms with Crippen LogP contribution in [0.3, 0.4) is 0 Å².